The van der Waals surface area contributed by atoms with Gasteiger partial charge in [0.05, 0.1) is 62.2 Å². The van der Waals surface area contributed by atoms with Gasteiger partial charge in [0.1, 0.15) is 47.5 Å². The molecule has 2 saturated heterocycles. The number of halogens is 2. The first kappa shape index (κ1) is 52.0. The van der Waals surface area contributed by atoms with Gasteiger partial charge in [-0.2, -0.15) is 19.9 Å². The number of hydrogen-bond donors (Lipinski definition) is 0. The largest absolute Gasteiger partial charge is 0.479 e. The third-order valence-electron chi connectivity index (χ3n) is 12.1. The first-order valence-electron chi connectivity index (χ1n) is 21.8. The molecule has 376 valence electrons. The van der Waals surface area contributed by atoms with E-state index < -0.39 is 53.5 Å². The van der Waals surface area contributed by atoms with E-state index in [1.807, 2.05) is 0 Å². The average Bonchev–Trinajstić information content (AvgIpc) is 4.22. The van der Waals surface area contributed by atoms with Gasteiger partial charge >= 0.3 is 0 Å². The van der Waals surface area contributed by atoms with E-state index in [2.05, 4.69) is 60.3 Å². The van der Waals surface area contributed by atoms with E-state index >= 15 is 0 Å². The summed E-state index contributed by atoms with van der Waals surface area (Å²) in [6, 6.07) is 0. The van der Waals surface area contributed by atoms with Gasteiger partial charge in [-0.1, -0.05) is 37.0 Å². The molecule has 0 bridgehead atoms. The van der Waals surface area contributed by atoms with Crippen LogP contribution in [-0.2, 0) is 40.7 Å². The molecule has 8 rings (SSSR count). The SMILES string of the molecule is COc1ncnc(OC)c1-n1c(CS(=O)(=O)[C@@H](C)[C@H](C)c2ncc(Cl)cn2)nnc1[C@@H]1CCOC1.COc1ncnc(OC)c1-n1c(CS(=O)(=O)[C@@H](C)[C@H](C)c2ncc(Cl)cn2)nnc1[C@H]1CCOC1. The number of nitrogens with zero attached hydrogens (tertiary/aromatic N) is 14. The van der Waals surface area contributed by atoms with Gasteiger partial charge in [0, 0.05) is 61.7 Å². The monoisotopic (exact) mass is 1050 g/mol. The molecule has 0 unspecified atom stereocenters. The van der Waals surface area contributed by atoms with Crippen molar-refractivity contribution in [3.05, 3.63) is 82.4 Å². The van der Waals surface area contributed by atoms with Crippen molar-refractivity contribution in [3.8, 4) is 34.9 Å². The molecule has 0 radical (unpaired) electrons. The fourth-order valence-corrected chi connectivity index (χ4v) is 11.1. The van der Waals surface area contributed by atoms with Gasteiger partial charge in [-0.05, 0) is 26.7 Å². The molecule has 2 aliphatic heterocycles. The molecule has 2 aliphatic rings. The van der Waals surface area contributed by atoms with Crippen molar-refractivity contribution in [2.45, 2.75) is 86.2 Å². The zero-order chi connectivity index (χ0) is 50.3. The van der Waals surface area contributed by atoms with Crippen LogP contribution in [0.5, 0.6) is 23.5 Å². The van der Waals surface area contributed by atoms with Crippen LogP contribution in [-0.4, -0.2) is 152 Å². The van der Waals surface area contributed by atoms with Crippen LogP contribution in [0.15, 0.2) is 37.4 Å². The molecule has 0 saturated carbocycles. The predicted molar refractivity (Wildman–Crippen MR) is 252 cm³/mol. The lowest BCUT2D eigenvalue weighted by Crippen LogP contribution is -2.27. The Hall–Kier alpha value is -5.80. The van der Waals surface area contributed by atoms with Crippen LogP contribution in [0, 0.1) is 0 Å². The summed E-state index contributed by atoms with van der Waals surface area (Å²) in [5.41, 5.74) is 0.660. The van der Waals surface area contributed by atoms with Crippen molar-refractivity contribution < 1.29 is 45.3 Å². The van der Waals surface area contributed by atoms with Crippen LogP contribution in [0.4, 0.5) is 0 Å². The lowest BCUT2D eigenvalue weighted by Gasteiger charge is -2.20. The summed E-state index contributed by atoms with van der Waals surface area (Å²) in [5, 5.41) is 16.3. The van der Waals surface area contributed by atoms with Crippen LogP contribution in [0.3, 0.4) is 0 Å². The van der Waals surface area contributed by atoms with E-state index in [0.717, 1.165) is 0 Å². The maximum atomic E-state index is 13.5. The molecule has 70 heavy (non-hydrogen) atoms. The van der Waals surface area contributed by atoms with Crippen LogP contribution in [0.2, 0.25) is 10.0 Å². The third kappa shape index (κ3) is 11.2. The Morgan fingerprint density at radius 2 is 0.886 bits per heavy atom. The molecule has 24 nitrogen and oxygen atoms in total. The Bertz CT molecular complexity index is 2710. The molecule has 0 aliphatic carbocycles. The van der Waals surface area contributed by atoms with E-state index in [4.69, 9.17) is 51.6 Å². The van der Waals surface area contributed by atoms with Crippen LogP contribution >= 0.6 is 23.2 Å². The lowest BCUT2D eigenvalue weighted by atomic mass is 10.1. The molecule has 28 heteroatoms. The molecule has 6 aromatic rings. The van der Waals surface area contributed by atoms with E-state index in [1.54, 1.807) is 36.8 Å². The second-order valence-electron chi connectivity index (χ2n) is 16.3. The minimum absolute atomic E-state index is 0.0904. The van der Waals surface area contributed by atoms with Crippen molar-refractivity contribution in [2.75, 3.05) is 54.9 Å². The molecular weight excluding hydrogens is 996 g/mol. The normalized spacial score (nSPS) is 17.8. The molecular formula is C42H52Cl2N14O10S2. The molecule has 8 heterocycles. The van der Waals surface area contributed by atoms with Crippen molar-refractivity contribution >= 4 is 42.9 Å². The zero-order valence-electron chi connectivity index (χ0n) is 39.5. The number of rotatable bonds is 18. The quantitative estimate of drug-likeness (QED) is 0.116. The summed E-state index contributed by atoms with van der Waals surface area (Å²) in [6.07, 6.45) is 9.81. The third-order valence-corrected chi connectivity index (χ3v) is 16.9. The predicted octanol–water partition coefficient (Wildman–Crippen LogP) is 4.26. The topological polar surface area (TPSA) is 288 Å². The van der Waals surface area contributed by atoms with Crippen molar-refractivity contribution in [3.63, 3.8) is 0 Å². The van der Waals surface area contributed by atoms with Gasteiger partial charge in [0.2, 0.25) is 23.5 Å². The Morgan fingerprint density at radius 3 is 1.17 bits per heavy atom. The van der Waals surface area contributed by atoms with Crippen molar-refractivity contribution in [1.29, 1.82) is 0 Å². The van der Waals surface area contributed by atoms with Gasteiger partial charge < -0.3 is 28.4 Å². The summed E-state index contributed by atoms with van der Waals surface area (Å²) in [5.74, 6) is 1.06. The zero-order valence-corrected chi connectivity index (χ0v) is 42.6. The number of hydrogen-bond acceptors (Lipinski definition) is 22. The van der Waals surface area contributed by atoms with Gasteiger partial charge in [-0.15, -0.1) is 20.4 Å². The first-order chi connectivity index (χ1) is 33.5. The number of methoxy groups -OCH3 is 4. The molecule has 2 fully saturated rings. The second kappa shape index (κ2) is 22.5. The Balaban J connectivity index is 0.000000206. The van der Waals surface area contributed by atoms with Crippen LogP contribution in [0.25, 0.3) is 11.4 Å². The molecule has 0 N–H and O–H groups in total. The molecule has 0 aromatic carbocycles. The lowest BCUT2D eigenvalue weighted by molar-refractivity contribution is 0.193. The minimum atomic E-state index is -3.74. The Morgan fingerprint density at radius 1 is 0.557 bits per heavy atom. The van der Waals surface area contributed by atoms with Crippen LogP contribution < -0.4 is 18.9 Å². The van der Waals surface area contributed by atoms with E-state index in [1.165, 1.54) is 65.9 Å². The highest BCUT2D eigenvalue weighted by Crippen LogP contribution is 2.37. The maximum absolute atomic E-state index is 13.5. The number of sulfone groups is 2. The second-order valence-corrected chi connectivity index (χ2v) is 21.9. The smallest absolute Gasteiger partial charge is 0.245 e. The fourth-order valence-electron chi connectivity index (χ4n) is 7.79. The highest BCUT2D eigenvalue weighted by Gasteiger charge is 2.37. The highest BCUT2D eigenvalue weighted by molar-refractivity contribution is 7.91. The van der Waals surface area contributed by atoms with Crippen molar-refractivity contribution in [1.82, 2.24) is 69.4 Å². The van der Waals surface area contributed by atoms with Crippen LogP contribution in [0.1, 0.15) is 99.2 Å². The number of aromatic nitrogens is 14. The first-order valence-corrected chi connectivity index (χ1v) is 26.0. The van der Waals surface area contributed by atoms with Gasteiger partial charge in [0.15, 0.2) is 42.7 Å². The molecule has 6 atom stereocenters. The van der Waals surface area contributed by atoms with Crippen molar-refractivity contribution in [2.24, 2.45) is 0 Å². The van der Waals surface area contributed by atoms with E-state index in [9.17, 15) is 16.8 Å². The highest BCUT2D eigenvalue weighted by atomic mass is 35.5. The Labute approximate surface area is 414 Å². The number of ether oxygens (including phenoxy) is 6. The summed E-state index contributed by atoms with van der Waals surface area (Å²) in [7, 11) is -1.65. The molecule has 6 aromatic heterocycles. The summed E-state index contributed by atoms with van der Waals surface area (Å²) < 4.78 is 90.2. The molecule has 0 amide bonds. The average molecular weight is 1050 g/mol. The molecule has 0 spiro atoms. The summed E-state index contributed by atoms with van der Waals surface area (Å²) >= 11 is 11.7. The minimum Gasteiger partial charge on any atom is -0.479 e. The summed E-state index contributed by atoms with van der Waals surface area (Å²) in [4.78, 5) is 33.4. The fraction of sp³-hybridized carbons (Fsp3) is 0.524. The Kier molecular flexibility index (Phi) is 16.7. The maximum Gasteiger partial charge on any atom is 0.245 e. The van der Waals surface area contributed by atoms with Gasteiger partial charge in [0.25, 0.3) is 0 Å². The van der Waals surface area contributed by atoms with E-state index in [-0.39, 0.29) is 47.0 Å². The van der Waals surface area contributed by atoms with Gasteiger partial charge in [-0.25, -0.2) is 36.8 Å². The standard InChI is InChI=1S/2C21H26ClN7O5S/c2*1-12(18-23-7-15(22)8-24-18)13(2)35(30,31)10-16-27-28-19(14-5-6-34-9-14)29(16)17-20(32-3)25-11-26-21(17)33-4/h2*7-8,11-14H,5-6,9-10H2,1-4H3/t12-,13-,14+;12-,13-,14-/m00/s1. The van der Waals surface area contributed by atoms with Gasteiger partial charge in [-0.3, -0.25) is 9.13 Å². The summed E-state index contributed by atoms with van der Waals surface area (Å²) in [6.45, 7) is 8.77. The van der Waals surface area contributed by atoms with E-state index in [0.29, 0.717) is 84.0 Å².